The van der Waals surface area contributed by atoms with E-state index in [0.717, 1.165) is 15.1 Å². The van der Waals surface area contributed by atoms with Crippen LogP contribution in [0.15, 0.2) is 38.7 Å². The van der Waals surface area contributed by atoms with E-state index in [1.54, 1.807) is 6.92 Å². The second-order valence-electron chi connectivity index (χ2n) is 4.87. The Balaban J connectivity index is 2.62. The first-order chi connectivity index (χ1) is 11.0. The van der Waals surface area contributed by atoms with E-state index in [-0.39, 0.29) is 18.1 Å². The van der Waals surface area contributed by atoms with Crippen LogP contribution in [-0.2, 0) is 14.3 Å². The lowest BCUT2D eigenvalue weighted by Gasteiger charge is -2.27. The largest absolute Gasteiger partial charge is 0.463 e. The molecule has 23 heavy (non-hydrogen) atoms. The summed E-state index contributed by atoms with van der Waals surface area (Å²) in [5.74, 6) is -0.480. The number of thiophene rings is 1. The van der Waals surface area contributed by atoms with Crippen LogP contribution in [0.2, 0.25) is 0 Å². The Hall–Kier alpha value is -1.78. The Labute approximate surface area is 147 Å². The Kier molecular flexibility index (Phi) is 5.85. The van der Waals surface area contributed by atoms with Gasteiger partial charge in [0.25, 0.3) is 0 Å². The van der Waals surface area contributed by atoms with E-state index in [1.165, 1.54) is 11.3 Å². The molecule has 0 fully saturated rings. The van der Waals surface area contributed by atoms with Crippen molar-refractivity contribution in [3.8, 4) is 6.07 Å². The van der Waals surface area contributed by atoms with Gasteiger partial charge in [-0.2, -0.15) is 5.26 Å². The average Bonchev–Trinajstić information content (AvgIpc) is 2.93. The van der Waals surface area contributed by atoms with Crippen molar-refractivity contribution in [1.29, 1.82) is 5.26 Å². The number of esters is 1. The second kappa shape index (κ2) is 7.66. The fraction of sp³-hybridized carbons (Fsp3) is 0.375. The molecule has 0 spiro atoms. The minimum Gasteiger partial charge on any atom is -0.463 e. The molecule has 0 bridgehead atoms. The highest BCUT2D eigenvalue weighted by Gasteiger charge is 2.38. The van der Waals surface area contributed by atoms with Crippen molar-refractivity contribution in [3.63, 3.8) is 0 Å². The smallest absolute Gasteiger partial charge is 0.338 e. The fourth-order valence-electron chi connectivity index (χ4n) is 2.43. The number of hydrogen-bond acceptors (Lipinski definition) is 6. The summed E-state index contributed by atoms with van der Waals surface area (Å²) in [7, 11) is 0. The summed E-state index contributed by atoms with van der Waals surface area (Å²) in [5, 5.41) is 9.50. The van der Waals surface area contributed by atoms with E-state index in [0.29, 0.717) is 17.8 Å². The van der Waals surface area contributed by atoms with Crippen LogP contribution in [0.5, 0.6) is 0 Å². The molecule has 122 valence electrons. The predicted octanol–water partition coefficient (Wildman–Crippen LogP) is 3.94. The molecular formula is C16H17BrN2O3S. The second-order valence-corrected chi connectivity index (χ2v) is 7.37. The number of carbonyl (C=O) groups is 1. The van der Waals surface area contributed by atoms with Gasteiger partial charge in [0.1, 0.15) is 17.4 Å². The molecule has 0 aliphatic carbocycles. The highest BCUT2D eigenvalue weighted by atomic mass is 79.9. The van der Waals surface area contributed by atoms with Gasteiger partial charge >= 0.3 is 5.97 Å². The minimum atomic E-state index is -0.550. The zero-order chi connectivity index (χ0) is 17.0. The van der Waals surface area contributed by atoms with Crippen molar-refractivity contribution in [2.24, 2.45) is 5.73 Å². The van der Waals surface area contributed by atoms with Crippen LogP contribution in [0.1, 0.15) is 37.5 Å². The molecule has 2 rings (SSSR count). The quantitative estimate of drug-likeness (QED) is 0.761. The lowest BCUT2D eigenvalue weighted by atomic mass is 9.86. The van der Waals surface area contributed by atoms with Crippen molar-refractivity contribution in [2.75, 3.05) is 6.61 Å². The zero-order valence-electron chi connectivity index (χ0n) is 12.9. The average molecular weight is 397 g/mol. The van der Waals surface area contributed by atoms with Gasteiger partial charge in [0, 0.05) is 11.3 Å². The van der Waals surface area contributed by atoms with Crippen molar-refractivity contribution in [3.05, 3.63) is 43.6 Å². The van der Waals surface area contributed by atoms with Gasteiger partial charge in [-0.25, -0.2) is 4.79 Å². The van der Waals surface area contributed by atoms with Gasteiger partial charge in [0.15, 0.2) is 0 Å². The number of halogens is 1. The molecule has 1 aliphatic heterocycles. The number of allylic oxidation sites excluding steroid dienone is 2. The summed E-state index contributed by atoms with van der Waals surface area (Å²) in [6, 6.07) is 5.83. The SMILES string of the molecule is CCCC1=C(C(=O)OCC)[C@H](c2ccc(Br)s2)C(C#N)=C(N)O1. The van der Waals surface area contributed by atoms with Crippen molar-refractivity contribution >= 4 is 33.2 Å². The zero-order valence-corrected chi connectivity index (χ0v) is 15.3. The third kappa shape index (κ3) is 3.59. The van der Waals surface area contributed by atoms with Gasteiger partial charge < -0.3 is 15.2 Å². The van der Waals surface area contributed by atoms with Crippen LogP contribution in [0, 0.1) is 11.3 Å². The molecule has 7 heteroatoms. The third-order valence-corrected chi connectivity index (χ3v) is 5.04. The summed E-state index contributed by atoms with van der Waals surface area (Å²) in [4.78, 5) is 13.3. The maximum atomic E-state index is 12.5. The minimum absolute atomic E-state index is 0.0542. The molecule has 1 aromatic heterocycles. The van der Waals surface area contributed by atoms with Gasteiger partial charge in [-0.3, -0.25) is 0 Å². The van der Waals surface area contributed by atoms with Crippen LogP contribution in [0.4, 0.5) is 0 Å². The van der Waals surface area contributed by atoms with E-state index >= 15 is 0 Å². The van der Waals surface area contributed by atoms with Crippen LogP contribution in [0.25, 0.3) is 0 Å². The van der Waals surface area contributed by atoms with Crippen molar-refractivity contribution in [1.82, 2.24) is 0 Å². The molecule has 2 heterocycles. The Morgan fingerprint density at radius 2 is 2.26 bits per heavy atom. The van der Waals surface area contributed by atoms with Crippen LogP contribution >= 0.6 is 27.3 Å². The molecule has 0 saturated carbocycles. The summed E-state index contributed by atoms with van der Waals surface area (Å²) in [6.45, 7) is 3.98. The number of ether oxygens (including phenoxy) is 2. The number of nitrogens with zero attached hydrogens (tertiary/aromatic N) is 1. The lowest BCUT2D eigenvalue weighted by Crippen LogP contribution is -2.25. The summed E-state index contributed by atoms with van der Waals surface area (Å²) >= 11 is 4.87. The molecule has 1 aliphatic rings. The van der Waals surface area contributed by atoms with Crippen LogP contribution in [0.3, 0.4) is 0 Å². The first-order valence-electron chi connectivity index (χ1n) is 7.26. The number of hydrogen-bond donors (Lipinski definition) is 1. The molecule has 1 aromatic rings. The van der Waals surface area contributed by atoms with Gasteiger partial charge in [0.05, 0.1) is 21.9 Å². The number of nitriles is 1. The molecular weight excluding hydrogens is 380 g/mol. The summed E-state index contributed by atoms with van der Waals surface area (Å²) in [5.41, 5.74) is 6.53. The number of rotatable bonds is 5. The maximum Gasteiger partial charge on any atom is 0.338 e. The van der Waals surface area contributed by atoms with Gasteiger partial charge in [0.2, 0.25) is 5.88 Å². The molecule has 5 nitrogen and oxygen atoms in total. The lowest BCUT2D eigenvalue weighted by molar-refractivity contribution is -0.139. The first-order valence-corrected chi connectivity index (χ1v) is 8.87. The molecule has 2 N–H and O–H groups in total. The summed E-state index contributed by atoms with van der Waals surface area (Å²) < 4.78 is 11.7. The summed E-state index contributed by atoms with van der Waals surface area (Å²) in [6.07, 6.45) is 1.34. The molecule has 0 aromatic carbocycles. The Morgan fingerprint density at radius 3 is 2.78 bits per heavy atom. The van der Waals surface area contributed by atoms with E-state index in [9.17, 15) is 10.1 Å². The third-order valence-electron chi connectivity index (χ3n) is 3.35. The molecule has 0 radical (unpaired) electrons. The van der Waals surface area contributed by atoms with E-state index in [1.807, 2.05) is 19.1 Å². The number of nitrogens with two attached hydrogens (primary N) is 1. The van der Waals surface area contributed by atoms with Crippen molar-refractivity contribution in [2.45, 2.75) is 32.6 Å². The molecule has 0 unspecified atom stereocenters. The van der Waals surface area contributed by atoms with E-state index in [2.05, 4.69) is 22.0 Å². The first kappa shape index (κ1) is 17.6. The molecule has 0 amide bonds. The van der Waals surface area contributed by atoms with E-state index in [4.69, 9.17) is 15.2 Å². The number of carbonyl (C=O) groups excluding carboxylic acids is 1. The van der Waals surface area contributed by atoms with Crippen LogP contribution in [-0.4, -0.2) is 12.6 Å². The topological polar surface area (TPSA) is 85.3 Å². The highest BCUT2D eigenvalue weighted by Crippen LogP contribution is 2.43. The van der Waals surface area contributed by atoms with Crippen LogP contribution < -0.4 is 5.73 Å². The molecule has 1 atom stereocenters. The monoisotopic (exact) mass is 396 g/mol. The maximum absolute atomic E-state index is 12.5. The van der Waals surface area contributed by atoms with Gasteiger partial charge in [-0.15, -0.1) is 11.3 Å². The standard InChI is InChI=1S/C16H17BrN2O3S/c1-3-5-10-14(16(20)21-4-2)13(9(8-18)15(19)22-10)11-6-7-12(17)23-11/h6-7,13H,3-5,19H2,1-2H3/t13-/m0/s1. The normalized spacial score (nSPS) is 17.7. The van der Waals surface area contributed by atoms with Gasteiger partial charge in [-0.1, -0.05) is 6.92 Å². The fourth-order valence-corrected chi connectivity index (χ4v) is 3.97. The highest BCUT2D eigenvalue weighted by molar-refractivity contribution is 9.11. The Morgan fingerprint density at radius 1 is 1.52 bits per heavy atom. The van der Waals surface area contributed by atoms with Crippen molar-refractivity contribution < 1.29 is 14.3 Å². The Bertz CT molecular complexity index is 715. The van der Waals surface area contributed by atoms with Gasteiger partial charge in [-0.05, 0) is 41.4 Å². The van der Waals surface area contributed by atoms with E-state index < -0.39 is 11.9 Å². The predicted molar refractivity (Wildman–Crippen MR) is 91.2 cm³/mol. The molecule has 0 saturated heterocycles.